The van der Waals surface area contributed by atoms with Gasteiger partial charge in [-0.1, -0.05) is 17.7 Å². The fourth-order valence-corrected chi connectivity index (χ4v) is 5.40. The topological polar surface area (TPSA) is 64.1 Å². The molecule has 1 aromatic heterocycles. The van der Waals surface area contributed by atoms with Gasteiger partial charge in [-0.05, 0) is 50.2 Å². The summed E-state index contributed by atoms with van der Waals surface area (Å²) in [5.41, 5.74) is -0.467. The highest BCUT2D eigenvalue weighted by atomic mass is 35.5. The summed E-state index contributed by atoms with van der Waals surface area (Å²) in [5.74, 6) is -0.667. The number of thiazole rings is 1. The predicted octanol–water partition coefficient (Wildman–Crippen LogP) is 5.33. The van der Waals surface area contributed by atoms with Crippen molar-refractivity contribution in [1.29, 1.82) is 0 Å². The van der Waals surface area contributed by atoms with Gasteiger partial charge in [0.2, 0.25) is 0 Å². The highest BCUT2D eigenvalue weighted by Gasteiger charge is 2.43. The molecule has 0 saturated heterocycles. The number of sulfone groups is 1. The molecule has 2 aromatic carbocycles. The Hall–Kier alpha value is -1.97. The van der Waals surface area contributed by atoms with E-state index < -0.39 is 37.0 Å². The maximum Gasteiger partial charge on any atom is 0.416 e. The van der Waals surface area contributed by atoms with Gasteiger partial charge in [-0.15, -0.1) is 11.3 Å². The smallest absolute Gasteiger partial charge is 0.297 e. The number of rotatable bonds is 5. The summed E-state index contributed by atoms with van der Waals surface area (Å²) in [5, 5.41) is 0.908. The first-order valence-electron chi connectivity index (χ1n) is 8.32. The standard InChI is InChI=1S/C19H15ClF3NO3S2/c1-18(2,29(26,27)13-5-3-4-11(8-13)19(21,22)23)16(25)10-17-24-14-7-6-12(20)9-15(14)28-17/h3-9H,10H2,1-2H3. The molecule has 0 unspecified atom stereocenters. The molecule has 0 spiro atoms. The minimum atomic E-state index is -4.69. The quantitative estimate of drug-likeness (QED) is 0.515. The summed E-state index contributed by atoms with van der Waals surface area (Å²) in [4.78, 5) is 16.6. The minimum Gasteiger partial charge on any atom is -0.297 e. The van der Waals surface area contributed by atoms with Crippen LogP contribution in [0.15, 0.2) is 47.4 Å². The molecule has 0 saturated carbocycles. The van der Waals surface area contributed by atoms with Crippen LogP contribution in [0, 0.1) is 0 Å². The van der Waals surface area contributed by atoms with Gasteiger partial charge in [0.1, 0.15) is 9.75 Å². The maximum atomic E-state index is 13.0. The molecule has 4 nitrogen and oxygen atoms in total. The van der Waals surface area contributed by atoms with Crippen LogP contribution in [-0.2, 0) is 27.2 Å². The van der Waals surface area contributed by atoms with Crippen molar-refractivity contribution in [1.82, 2.24) is 4.98 Å². The predicted molar refractivity (Wildman–Crippen MR) is 106 cm³/mol. The molecule has 3 aromatic rings. The van der Waals surface area contributed by atoms with Crippen LogP contribution in [0.4, 0.5) is 13.2 Å². The van der Waals surface area contributed by atoms with E-state index in [1.807, 2.05) is 0 Å². The monoisotopic (exact) mass is 461 g/mol. The highest BCUT2D eigenvalue weighted by molar-refractivity contribution is 7.93. The molecule has 29 heavy (non-hydrogen) atoms. The minimum absolute atomic E-state index is 0.262. The largest absolute Gasteiger partial charge is 0.416 e. The van der Waals surface area contributed by atoms with Crippen molar-refractivity contribution in [2.75, 3.05) is 0 Å². The molecule has 0 radical (unpaired) electrons. The molecule has 0 aliphatic rings. The number of carbonyl (C=O) groups is 1. The second-order valence-corrected chi connectivity index (χ2v) is 10.9. The number of ketones is 1. The lowest BCUT2D eigenvalue weighted by atomic mass is 10.1. The van der Waals surface area contributed by atoms with Crippen LogP contribution in [0.25, 0.3) is 10.2 Å². The van der Waals surface area contributed by atoms with Crippen LogP contribution in [0.5, 0.6) is 0 Å². The van der Waals surface area contributed by atoms with Crippen molar-refractivity contribution in [2.24, 2.45) is 0 Å². The maximum absolute atomic E-state index is 13.0. The number of halogens is 4. The Morgan fingerprint density at radius 3 is 2.48 bits per heavy atom. The Morgan fingerprint density at radius 1 is 1.14 bits per heavy atom. The zero-order chi connectivity index (χ0) is 21.6. The van der Waals surface area contributed by atoms with E-state index in [4.69, 9.17) is 11.6 Å². The molecule has 0 aliphatic carbocycles. The summed E-state index contributed by atoms with van der Waals surface area (Å²) in [6.45, 7) is 2.38. The van der Waals surface area contributed by atoms with E-state index >= 15 is 0 Å². The second-order valence-electron chi connectivity index (χ2n) is 6.86. The Balaban J connectivity index is 1.92. The van der Waals surface area contributed by atoms with Gasteiger partial charge in [0.15, 0.2) is 15.6 Å². The molecule has 0 N–H and O–H groups in total. The van der Waals surface area contributed by atoms with Crippen molar-refractivity contribution in [3.05, 3.63) is 58.1 Å². The first kappa shape index (κ1) is 21.7. The number of benzene rings is 2. The Kier molecular flexibility index (Phi) is 5.53. The van der Waals surface area contributed by atoms with E-state index in [0.717, 1.165) is 22.9 Å². The van der Waals surface area contributed by atoms with Gasteiger partial charge in [-0.25, -0.2) is 13.4 Å². The van der Waals surface area contributed by atoms with Crippen molar-refractivity contribution < 1.29 is 26.4 Å². The van der Waals surface area contributed by atoms with E-state index in [1.165, 1.54) is 25.2 Å². The Labute approximate surface area is 174 Å². The molecular weight excluding hydrogens is 447 g/mol. The molecule has 0 aliphatic heterocycles. The van der Waals surface area contributed by atoms with Crippen LogP contribution >= 0.6 is 22.9 Å². The normalized spacial score (nSPS) is 13.0. The number of hydrogen-bond donors (Lipinski definition) is 0. The third-order valence-corrected chi connectivity index (χ3v) is 8.22. The third-order valence-electron chi connectivity index (χ3n) is 4.52. The lowest BCUT2D eigenvalue weighted by Crippen LogP contribution is -2.41. The summed E-state index contributed by atoms with van der Waals surface area (Å²) in [6.07, 6.45) is -4.95. The Morgan fingerprint density at radius 2 is 1.83 bits per heavy atom. The fraction of sp³-hybridized carbons (Fsp3) is 0.263. The number of aromatic nitrogens is 1. The van der Waals surface area contributed by atoms with Gasteiger partial charge >= 0.3 is 6.18 Å². The molecule has 3 rings (SSSR count). The van der Waals surface area contributed by atoms with Crippen molar-refractivity contribution in [3.63, 3.8) is 0 Å². The van der Waals surface area contributed by atoms with Crippen LogP contribution < -0.4 is 0 Å². The summed E-state index contributed by atoms with van der Waals surface area (Å²) < 4.78 is 63.6. The molecule has 0 amide bonds. The van der Waals surface area contributed by atoms with E-state index in [-0.39, 0.29) is 6.42 Å². The van der Waals surface area contributed by atoms with Crippen molar-refractivity contribution >= 4 is 48.8 Å². The van der Waals surface area contributed by atoms with Gasteiger partial charge < -0.3 is 0 Å². The second kappa shape index (κ2) is 7.37. The van der Waals surface area contributed by atoms with Gasteiger partial charge in [-0.2, -0.15) is 13.2 Å². The summed E-state index contributed by atoms with van der Waals surface area (Å²) >= 11 is 7.14. The van der Waals surface area contributed by atoms with Crippen molar-refractivity contribution in [2.45, 2.75) is 36.1 Å². The fourth-order valence-electron chi connectivity index (χ4n) is 2.66. The van der Waals surface area contributed by atoms with Gasteiger partial charge in [-0.3, -0.25) is 4.79 Å². The van der Waals surface area contributed by atoms with Crippen molar-refractivity contribution in [3.8, 4) is 0 Å². The number of fused-ring (bicyclic) bond motifs is 1. The molecular formula is C19H15ClF3NO3S2. The van der Waals surface area contributed by atoms with E-state index in [9.17, 15) is 26.4 Å². The number of alkyl halides is 3. The van der Waals surface area contributed by atoms with Gasteiger partial charge in [0.05, 0.1) is 27.1 Å². The lowest BCUT2D eigenvalue weighted by molar-refractivity contribution is -0.137. The molecule has 0 atom stereocenters. The van der Waals surface area contributed by atoms with Crippen LogP contribution in [0.3, 0.4) is 0 Å². The Bertz CT molecular complexity index is 1200. The molecule has 1 heterocycles. The number of carbonyl (C=O) groups excluding carboxylic acids is 1. The molecule has 10 heteroatoms. The SMILES string of the molecule is CC(C)(C(=O)Cc1nc2ccc(Cl)cc2s1)S(=O)(=O)c1cccc(C(F)(F)F)c1. The van der Waals surface area contributed by atoms with E-state index in [1.54, 1.807) is 18.2 Å². The van der Waals surface area contributed by atoms with E-state index in [0.29, 0.717) is 21.6 Å². The van der Waals surface area contributed by atoms with Crippen LogP contribution in [0.1, 0.15) is 24.4 Å². The molecule has 0 fully saturated rings. The van der Waals surface area contributed by atoms with Crippen LogP contribution in [-0.4, -0.2) is 23.9 Å². The highest BCUT2D eigenvalue weighted by Crippen LogP contribution is 2.34. The van der Waals surface area contributed by atoms with E-state index in [2.05, 4.69) is 4.98 Å². The summed E-state index contributed by atoms with van der Waals surface area (Å²) in [6, 6.07) is 8.41. The number of hydrogen-bond acceptors (Lipinski definition) is 5. The lowest BCUT2D eigenvalue weighted by Gasteiger charge is -2.23. The first-order chi connectivity index (χ1) is 13.3. The average molecular weight is 462 g/mol. The first-order valence-corrected chi connectivity index (χ1v) is 11.0. The third kappa shape index (κ3) is 4.17. The number of nitrogens with zero attached hydrogens (tertiary/aromatic N) is 1. The van der Waals surface area contributed by atoms with Crippen LogP contribution in [0.2, 0.25) is 5.02 Å². The van der Waals surface area contributed by atoms with Gasteiger partial charge in [0, 0.05) is 5.02 Å². The number of Topliss-reactive ketones (excluding diaryl/α,β-unsaturated/α-hetero) is 1. The molecule has 154 valence electrons. The zero-order valence-electron chi connectivity index (χ0n) is 15.2. The summed E-state index contributed by atoms with van der Waals surface area (Å²) in [7, 11) is -4.37. The zero-order valence-corrected chi connectivity index (χ0v) is 17.6. The molecule has 0 bridgehead atoms. The average Bonchev–Trinajstić information content (AvgIpc) is 3.02. The van der Waals surface area contributed by atoms with Gasteiger partial charge in [0.25, 0.3) is 0 Å².